The predicted octanol–water partition coefficient (Wildman–Crippen LogP) is 1.93. The van der Waals surface area contributed by atoms with Crippen LogP contribution in [0.25, 0.3) is 17.0 Å². The van der Waals surface area contributed by atoms with E-state index >= 15 is 0 Å². The van der Waals surface area contributed by atoms with E-state index < -0.39 is 5.60 Å². The Balaban J connectivity index is 1.76. The molecule has 1 fully saturated rings. The van der Waals surface area contributed by atoms with E-state index in [9.17, 15) is 5.11 Å². The fourth-order valence-electron chi connectivity index (χ4n) is 2.89. The molecule has 0 spiro atoms. The molecule has 1 N–H and O–H groups in total. The van der Waals surface area contributed by atoms with Gasteiger partial charge in [0.15, 0.2) is 5.65 Å². The average molecular weight is 285 g/mol. The molecule has 1 aliphatic carbocycles. The summed E-state index contributed by atoms with van der Waals surface area (Å²) in [6, 6.07) is 3.71. The molecule has 1 aliphatic rings. The van der Waals surface area contributed by atoms with E-state index in [0.29, 0.717) is 30.2 Å². The molecule has 3 heterocycles. The van der Waals surface area contributed by atoms with Crippen molar-refractivity contribution in [2.24, 2.45) is 0 Å². The van der Waals surface area contributed by atoms with E-state index in [1.165, 1.54) is 6.33 Å². The first kappa shape index (κ1) is 12.5. The Kier molecular flexibility index (Phi) is 2.75. The van der Waals surface area contributed by atoms with Gasteiger partial charge in [0.05, 0.1) is 5.56 Å². The van der Waals surface area contributed by atoms with Crippen molar-refractivity contribution in [2.45, 2.75) is 37.7 Å². The van der Waals surface area contributed by atoms with Gasteiger partial charge < -0.3 is 9.63 Å². The van der Waals surface area contributed by atoms with Gasteiger partial charge in [-0.1, -0.05) is 24.4 Å². The van der Waals surface area contributed by atoms with Gasteiger partial charge in [0.1, 0.15) is 11.9 Å². The molecule has 0 saturated heterocycles. The van der Waals surface area contributed by atoms with Crippen LogP contribution >= 0.6 is 0 Å². The Labute approximate surface area is 120 Å². The van der Waals surface area contributed by atoms with Gasteiger partial charge in [0.25, 0.3) is 5.89 Å². The highest BCUT2D eigenvalue weighted by molar-refractivity contribution is 5.71. The van der Waals surface area contributed by atoms with Crippen LogP contribution in [0.15, 0.2) is 29.2 Å². The van der Waals surface area contributed by atoms with Gasteiger partial charge in [-0.15, -0.1) is 0 Å². The molecule has 0 unspecified atom stereocenters. The molecule has 4 rings (SSSR count). The molecule has 0 aliphatic heterocycles. The molecule has 7 heteroatoms. The van der Waals surface area contributed by atoms with E-state index in [4.69, 9.17) is 4.52 Å². The standard InChI is InChI=1S/C14H15N5O2/c20-14(6-2-1-3-7-14)13-17-11(18-21-13)10-5-4-8-19-12(10)15-9-16-19/h4-5,8-9,20H,1-3,6-7H2. The van der Waals surface area contributed by atoms with E-state index in [0.717, 1.165) is 24.8 Å². The van der Waals surface area contributed by atoms with Crippen LogP contribution in [0.3, 0.4) is 0 Å². The fraction of sp³-hybridized carbons (Fsp3) is 0.429. The maximum atomic E-state index is 10.6. The number of aromatic nitrogens is 5. The van der Waals surface area contributed by atoms with Crippen LogP contribution in [0.5, 0.6) is 0 Å². The van der Waals surface area contributed by atoms with Crippen LogP contribution in [0.2, 0.25) is 0 Å². The molecule has 3 aromatic rings. The molecule has 0 radical (unpaired) electrons. The summed E-state index contributed by atoms with van der Waals surface area (Å²) in [4.78, 5) is 8.60. The van der Waals surface area contributed by atoms with Gasteiger partial charge in [-0.2, -0.15) is 10.1 Å². The Morgan fingerprint density at radius 1 is 1.24 bits per heavy atom. The van der Waals surface area contributed by atoms with Crippen molar-refractivity contribution in [3.63, 3.8) is 0 Å². The molecule has 0 bridgehead atoms. The van der Waals surface area contributed by atoms with Crippen LogP contribution in [0.4, 0.5) is 0 Å². The minimum absolute atomic E-state index is 0.304. The van der Waals surface area contributed by atoms with Crippen LogP contribution < -0.4 is 0 Å². The third-order valence-corrected chi connectivity index (χ3v) is 4.05. The Bertz CT molecular complexity index is 772. The van der Waals surface area contributed by atoms with E-state index in [1.807, 2.05) is 18.3 Å². The van der Waals surface area contributed by atoms with Crippen molar-refractivity contribution >= 4 is 5.65 Å². The molecular weight excluding hydrogens is 270 g/mol. The second-order valence-corrected chi connectivity index (χ2v) is 5.47. The van der Waals surface area contributed by atoms with E-state index in [2.05, 4.69) is 20.2 Å². The molecule has 108 valence electrons. The summed E-state index contributed by atoms with van der Waals surface area (Å²) in [5.74, 6) is 0.737. The zero-order valence-electron chi connectivity index (χ0n) is 11.4. The van der Waals surface area contributed by atoms with Gasteiger partial charge in [-0.05, 0) is 25.0 Å². The number of nitrogens with zero attached hydrogens (tertiary/aromatic N) is 5. The van der Waals surface area contributed by atoms with Crippen LogP contribution in [-0.2, 0) is 5.60 Å². The molecule has 3 aromatic heterocycles. The summed E-state index contributed by atoms with van der Waals surface area (Å²) in [5, 5.41) is 18.7. The molecule has 7 nitrogen and oxygen atoms in total. The number of aliphatic hydroxyl groups is 1. The quantitative estimate of drug-likeness (QED) is 0.773. The third kappa shape index (κ3) is 2.01. The zero-order valence-corrected chi connectivity index (χ0v) is 11.4. The monoisotopic (exact) mass is 285 g/mol. The molecule has 1 saturated carbocycles. The lowest BCUT2D eigenvalue weighted by atomic mass is 9.85. The highest BCUT2D eigenvalue weighted by Crippen LogP contribution is 2.36. The lowest BCUT2D eigenvalue weighted by Crippen LogP contribution is -2.28. The van der Waals surface area contributed by atoms with Gasteiger partial charge in [-0.3, -0.25) is 0 Å². The van der Waals surface area contributed by atoms with Crippen molar-refractivity contribution in [1.82, 2.24) is 24.7 Å². The highest BCUT2D eigenvalue weighted by Gasteiger charge is 2.37. The topological polar surface area (TPSA) is 89.3 Å². The summed E-state index contributed by atoms with van der Waals surface area (Å²) < 4.78 is 6.97. The van der Waals surface area contributed by atoms with Crippen molar-refractivity contribution < 1.29 is 9.63 Å². The largest absolute Gasteiger partial charge is 0.380 e. The average Bonchev–Trinajstić information content (AvgIpc) is 3.17. The third-order valence-electron chi connectivity index (χ3n) is 4.05. The molecule has 0 aromatic carbocycles. The van der Waals surface area contributed by atoms with E-state index in [1.54, 1.807) is 4.52 Å². The van der Waals surface area contributed by atoms with Crippen molar-refractivity contribution in [3.05, 3.63) is 30.5 Å². The predicted molar refractivity (Wildman–Crippen MR) is 73.3 cm³/mol. The van der Waals surface area contributed by atoms with Gasteiger partial charge in [0.2, 0.25) is 5.82 Å². The number of pyridine rings is 1. The van der Waals surface area contributed by atoms with E-state index in [-0.39, 0.29) is 0 Å². The summed E-state index contributed by atoms with van der Waals surface area (Å²) in [5.41, 5.74) is 0.423. The molecule has 0 atom stereocenters. The molecular formula is C14H15N5O2. The maximum absolute atomic E-state index is 10.6. The van der Waals surface area contributed by atoms with Crippen molar-refractivity contribution in [2.75, 3.05) is 0 Å². The van der Waals surface area contributed by atoms with Crippen LogP contribution in [-0.4, -0.2) is 29.8 Å². The number of hydrogen-bond donors (Lipinski definition) is 1. The van der Waals surface area contributed by atoms with Gasteiger partial charge in [0, 0.05) is 6.20 Å². The van der Waals surface area contributed by atoms with Gasteiger partial charge in [-0.25, -0.2) is 9.50 Å². The minimum atomic E-state index is -0.984. The number of fused-ring (bicyclic) bond motifs is 1. The summed E-state index contributed by atoms with van der Waals surface area (Å²) in [6.07, 6.45) is 7.73. The fourth-order valence-corrected chi connectivity index (χ4v) is 2.89. The summed E-state index contributed by atoms with van der Waals surface area (Å²) in [7, 11) is 0. The second-order valence-electron chi connectivity index (χ2n) is 5.47. The smallest absolute Gasteiger partial charge is 0.258 e. The maximum Gasteiger partial charge on any atom is 0.258 e. The van der Waals surface area contributed by atoms with Gasteiger partial charge >= 0.3 is 0 Å². The lowest BCUT2D eigenvalue weighted by Gasteiger charge is -2.27. The second kappa shape index (κ2) is 4.63. The first-order valence-electron chi connectivity index (χ1n) is 7.12. The summed E-state index contributed by atoms with van der Waals surface area (Å²) in [6.45, 7) is 0. The summed E-state index contributed by atoms with van der Waals surface area (Å²) >= 11 is 0. The Morgan fingerprint density at radius 3 is 2.95 bits per heavy atom. The molecule has 21 heavy (non-hydrogen) atoms. The first-order chi connectivity index (χ1) is 10.3. The SMILES string of the molecule is OC1(c2nc(-c3cccn4ncnc34)no2)CCCCC1. The Hall–Kier alpha value is -2.28. The molecule has 0 amide bonds. The number of rotatable bonds is 2. The van der Waals surface area contributed by atoms with Crippen LogP contribution in [0, 0.1) is 0 Å². The van der Waals surface area contributed by atoms with Crippen LogP contribution in [0.1, 0.15) is 38.0 Å². The first-order valence-corrected chi connectivity index (χ1v) is 7.12. The minimum Gasteiger partial charge on any atom is -0.380 e. The van der Waals surface area contributed by atoms with Crippen molar-refractivity contribution in [1.29, 1.82) is 0 Å². The number of hydrogen-bond acceptors (Lipinski definition) is 6. The highest BCUT2D eigenvalue weighted by atomic mass is 16.5. The normalized spacial score (nSPS) is 18.1. The zero-order chi connectivity index (χ0) is 14.3. The lowest BCUT2D eigenvalue weighted by molar-refractivity contribution is -0.0287. The Morgan fingerprint density at radius 2 is 2.10 bits per heavy atom. The van der Waals surface area contributed by atoms with Crippen molar-refractivity contribution in [3.8, 4) is 11.4 Å².